The number of Topliss-reactive ketones (excluding diaryl/α,β-unsaturated/α-hetero) is 1. The second kappa shape index (κ2) is 7.21. The van der Waals surface area contributed by atoms with Crippen molar-refractivity contribution < 1.29 is 18.0 Å². The third kappa shape index (κ3) is 3.52. The second-order valence-electron chi connectivity index (χ2n) is 6.11. The molecule has 5 nitrogen and oxygen atoms in total. The molecule has 0 aliphatic carbocycles. The van der Waals surface area contributed by atoms with Gasteiger partial charge in [-0.25, -0.2) is 8.42 Å². The third-order valence-electron chi connectivity index (χ3n) is 4.39. The highest BCUT2D eigenvalue weighted by Crippen LogP contribution is 2.30. The van der Waals surface area contributed by atoms with E-state index >= 15 is 0 Å². The summed E-state index contributed by atoms with van der Waals surface area (Å²) in [5.41, 5.74) is 2.00. The number of anilines is 1. The fraction of sp³-hybridized carbons (Fsp3) is 0.263. The van der Waals surface area contributed by atoms with E-state index < -0.39 is 21.4 Å². The number of sulfone groups is 1. The Balaban J connectivity index is 1.84. The smallest absolute Gasteiger partial charge is 0.226 e. The zero-order chi connectivity index (χ0) is 18.9. The molecule has 0 fully saturated rings. The number of hydrogen-bond acceptors (Lipinski definition) is 4. The van der Waals surface area contributed by atoms with Gasteiger partial charge in [-0.1, -0.05) is 30.7 Å². The number of halogens is 1. The number of carbonyl (C=O) groups is 2. The van der Waals surface area contributed by atoms with E-state index in [4.69, 9.17) is 11.6 Å². The lowest BCUT2D eigenvalue weighted by Gasteiger charge is -2.16. The maximum atomic E-state index is 12.5. The van der Waals surface area contributed by atoms with Crippen LogP contribution in [-0.4, -0.2) is 32.4 Å². The van der Waals surface area contributed by atoms with Gasteiger partial charge in [0.1, 0.15) is 5.75 Å². The van der Waals surface area contributed by atoms with Gasteiger partial charge in [0.15, 0.2) is 15.6 Å². The minimum absolute atomic E-state index is 0.0316. The van der Waals surface area contributed by atoms with Gasteiger partial charge < -0.3 is 4.90 Å². The van der Waals surface area contributed by atoms with Gasteiger partial charge >= 0.3 is 0 Å². The van der Waals surface area contributed by atoms with E-state index in [1.165, 1.54) is 12.1 Å². The van der Waals surface area contributed by atoms with Crippen LogP contribution < -0.4 is 4.90 Å². The molecule has 0 unspecified atom stereocenters. The van der Waals surface area contributed by atoms with Gasteiger partial charge in [-0.15, -0.1) is 0 Å². The molecule has 0 saturated heterocycles. The van der Waals surface area contributed by atoms with Crippen molar-refractivity contribution in [2.75, 3.05) is 17.2 Å². The number of hydrogen-bond donors (Lipinski definition) is 0. The highest BCUT2D eigenvalue weighted by atomic mass is 35.5. The Morgan fingerprint density at radius 2 is 1.88 bits per heavy atom. The molecule has 26 heavy (non-hydrogen) atoms. The summed E-state index contributed by atoms with van der Waals surface area (Å²) in [6.07, 6.45) is 1.07. The summed E-state index contributed by atoms with van der Waals surface area (Å²) >= 11 is 5.95. The van der Waals surface area contributed by atoms with Crippen LogP contribution in [0.5, 0.6) is 0 Å². The average molecular weight is 392 g/mol. The van der Waals surface area contributed by atoms with E-state index in [2.05, 4.69) is 0 Å². The first-order valence-corrected chi connectivity index (χ1v) is 10.3. The number of carbonyl (C=O) groups excluding carboxylic acids is 2. The molecule has 1 aliphatic heterocycles. The molecule has 136 valence electrons. The normalized spacial score (nSPS) is 13.5. The molecule has 3 rings (SSSR count). The molecule has 0 aromatic heterocycles. The summed E-state index contributed by atoms with van der Waals surface area (Å²) in [7, 11) is -3.83. The number of benzene rings is 2. The highest BCUT2D eigenvalue weighted by molar-refractivity contribution is 7.92. The van der Waals surface area contributed by atoms with Crippen LogP contribution >= 0.6 is 11.6 Å². The SMILES string of the molecule is CCC(=O)N1CCc2cc(C(=O)CS(=O)(=O)c3ccccc3Cl)ccc21. The van der Waals surface area contributed by atoms with Crippen molar-refractivity contribution in [1.29, 1.82) is 0 Å². The third-order valence-corrected chi connectivity index (χ3v) is 6.50. The predicted molar refractivity (Wildman–Crippen MR) is 101 cm³/mol. The minimum atomic E-state index is -3.83. The number of nitrogens with zero attached hydrogens (tertiary/aromatic N) is 1. The van der Waals surface area contributed by atoms with Crippen molar-refractivity contribution >= 4 is 38.8 Å². The number of rotatable bonds is 5. The van der Waals surface area contributed by atoms with Crippen LogP contribution in [0.3, 0.4) is 0 Å². The molecule has 0 saturated carbocycles. The Hall–Kier alpha value is -2.18. The number of fused-ring (bicyclic) bond motifs is 1. The number of amides is 1. The average Bonchev–Trinajstić information content (AvgIpc) is 3.04. The van der Waals surface area contributed by atoms with E-state index in [-0.39, 0.29) is 15.8 Å². The highest BCUT2D eigenvalue weighted by Gasteiger charge is 2.26. The fourth-order valence-electron chi connectivity index (χ4n) is 3.06. The van der Waals surface area contributed by atoms with Crippen LogP contribution in [0, 0.1) is 0 Å². The lowest BCUT2D eigenvalue weighted by molar-refractivity contribution is -0.118. The zero-order valence-corrected chi connectivity index (χ0v) is 15.8. The summed E-state index contributed by atoms with van der Waals surface area (Å²) < 4.78 is 25.0. The van der Waals surface area contributed by atoms with Crippen molar-refractivity contribution in [2.45, 2.75) is 24.7 Å². The topological polar surface area (TPSA) is 71.5 Å². The summed E-state index contributed by atoms with van der Waals surface area (Å²) in [6, 6.07) is 11.0. The van der Waals surface area contributed by atoms with Gasteiger partial charge in [-0.3, -0.25) is 9.59 Å². The molecule has 1 aliphatic rings. The first kappa shape index (κ1) is 18.6. The van der Waals surface area contributed by atoms with Crippen LogP contribution in [-0.2, 0) is 21.1 Å². The minimum Gasteiger partial charge on any atom is -0.312 e. The molecule has 2 aromatic carbocycles. The Morgan fingerprint density at radius 3 is 2.58 bits per heavy atom. The standard InChI is InChI=1S/C19H18ClNO4S/c1-2-19(23)21-10-9-13-11-14(7-8-16(13)21)17(22)12-26(24,25)18-6-4-3-5-15(18)20/h3-8,11H,2,9-10,12H2,1H3. The van der Waals surface area contributed by atoms with Crippen LogP contribution in [0.15, 0.2) is 47.4 Å². The van der Waals surface area contributed by atoms with E-state index in [1.54, 1.807) is 42.2 Å². The van der Waals surface area contributed by atoms with Crippen LogP contribution in [0.25, 0.3) is 0 Å². The first-order chi connectivity index (χ1) is 12.3. The molecular formula is C19H18ClNO4S. The largest absolute Gasteiger partial charge is 0.312 e. The summed E-state index contributed by atoms with van der Waals surface area (Å²) in [4.78, 5) is 26.1. The summed E-state index contributed by atoms with van der Waals surface area (Å²) in [6.45, 7) is 2.38. The maximum Gasteiger partial charge on any atom is 0.226 e. The van der Waals surface area contributed by atoms with Gasteiger partial charge in [0.25, 0.3) is 0 Å². The molecule has 1 heterocycles. The molecule has 0 N–H and O–H groups in total. The molecule has 0 spiro atoms. The lowest BCUT2D eigenvalue weighted by atomic mass is 10.1. The lowest BCUT2D eigenvalue weighted by Crippen LogP contribution is -2.27. The van der Waals surface area contributed by atoms with Crippen molar-refractivity contribution in [3.63, 3.8) is 0 Å². The van der Waals surface area contributed by atoms with Crippen LogP contribution in [0.1, 0.15) is 29.3 Å². The molecule has 2 aromatic rings. The summed E-state index contributed by atoms with van der Waals surface area (Å²) in [5, 5.41) is 0.1000. The maximum absolute atomic E-state index is 12.5. The molecule has 0 bridgehead atoms. The fourth-order valence-corrected chi connectivity index (χ4v) is 4.86. The predicted octanol–water partition coefficient (Wildman–Crippen LogP) is 3.30. The van der Waals surface area contributed by atoms with Crippen molar-refractivity contribution in [3.05, 3.63) is 58.6 Å². The quantitative estimate of drug-likeness (QED) is 0.733. The Morgan fingerprint density at radius 1 is 1.15 bits per heavy atom. The Kier molecular flexibility index (Phi) is 5.16. The Bertz CT molecular complexity index is 985. The molecule has 0 radical (unpaired) electrons. The second-order valence-corrected chi connectivity index (χ2v) is 8.47. The molecular weight excluding hydrogens is 374 g/mol. The van der Waals surface area contributed by atoms with Gasteiger partial charge in [0.2, 0.25) is 5.91 Å². The first-order valence-electron chi connectivity index (χ1n) is 8.27. The van der Waals surface area contributed by atoms with Gasteiger partial charge in [-0.05, 0) is 42.3 Å². The van der Waals surface area contributed by atoms with Gasteiger partial charge in [0.05, 0.1) is 9.92 Å². The van der Waals surface area contributed by atoms with E-state index in [0.29, 0.717) is 24.9 Å². The van der Waals surface area contributed by atoms with Gasteiger partial charge in [0, 0.05) is 24.2 Å². The summed E-state index contributed by atoms with van der Waals surface area (Å²) in [5.74, 6) is -1.11. The van der Waals surface area contributed by atoms with Crippen LogP contribution in [0.2, 0.25) is 5.02 Å². The van der Waals surface area contributed by atoms with E-state index in [1.807, 2.05) is 0 Å². The van der Waals surface area contributed by atoms with Crippen molar-refractivity contribution in [2.24, 2.45) is 0 Å². The monoisotopic (exact) mass is 391 g/mol. The Labute approximate surface area is 157 Å². The van der Waals surface area contributed by atoms with E-state index in [0.717, 1.165) is 11.3 Å². The molecule has 0 atom stereocenters. The van der Waals surface area contributed by atoms with Crippen molar-refractivity contribution in [3.8, 4) is 0 Å². The molecule has 1 amide bonds. The number of ketones is 1. The van der Waals surface area contributed by atoms with E-state index in [9.17, 15) is 18.0 Å². The van der Waals surface area contributed by atoms with Crippen LogP contribution in [0.4, 0.5) is 5.69 Å². The zero-order valence-electron chi connectivity index (χ0n) is 14.2. The van der Waals surface area contributed by atoms with Gasteiger partial charge in [-0.2, -0.15) is 0 Å². The van der Waals surface area contributed by atoms with Crippen molar-refractivity contribution in [1.82, 2.24) is 0 Å². The molecule has 7 heteroatoms.